The van der Waals surface area contributed by atoms with Gasteiger partial charge in [0.25, 0.3) is 5.69 Å². The Labute approximate surface area is 111 Å². The van der Waals surface area contributed by atoms with E-state index in [-0.39, 0.29) is 4.90 Å². The van der Waals surface area contributed by atoms with Crippen LogP contribution in [0.3, 0.4) is 0 Å². The molecule has 1 N–H and O–H groups in total. The van der Waals surface area contributed by atoms with Gasteiger partial charge in [0.15, 0.2) is 4.90 Å². The van der Waals surface area contributed by atoms with E-state index in [0.717, 1.165) is 10.4 Å². The van der Waals surface area contributed by atoms with E-state index in [2.05, 4.69) is 0 Å². The second kappa shape index (κ2) is 5.24. The number of aliphatic hydroxyl groups excluding tert-OH is 1. The molecule has 8 heteroatoms. The normalized spacial score (nSPS) is 12.7. The lowest BCUT2D eigenvalue weighted by Crippen LogP contribution is -2.47. The third-order valence-electron chi connectivity index (χ3n) is 2.94. The molecular formula is C11H16N2O5S. The molecule has 1 rings (SSSR count). The minimum absolute atomic E-state index is 0.385. The minimum Gasteiger partial charge on any atom is -0.394 e. The predicted octanol–water partition coefficient (Wildman–Crippen LogP) is 0.986. The van der Waals surface area contributed by atoms with Crippen LogP contribution in [0, 0.1) is 10.1 Å². The molecule has 0 amide bonds. The Balaban J connectivity index is 3.41. The highest BCUT2D eigenvalue weighted by molar-refractivity contribution is 7.89. The zero-order chi connectivity index (χ0) is 14.8. The van der Waals surface area contributed by atoms with Gasteiger partial charge < -0.3 is 5.11 Å². The van der Waals surface area contributed by atoms with Crippen molar-refractivity contribution in [2.75, 3.05) is 13.7 Å². The average Bonchev–Trinajstić information content (AvgIpc) is 2.37. The quantitative estimate of drug-likeness (QED) is 0.643. The highest BCUT2D eigenvalue weighted by atomic mass is 32.2. The third kappa shape index (κ3) is 2.91. The fourth-order valence-corrected chi connectivity index (χ4v) is 3.06. The summed E-state index contributed by atoms with van der Waals surface area (Å²) in [6.45, 7) is 2.65. The molecule has 7 nitrogen and oxygen atoms in total. The Morgan fingerprint density at radius 1 is 1.37 bits per heavy atom. The Morgan fingerprint density at radius 3 is 2.37 bits per heavy atom. The van der Waals surface area contributed by atoms with Crippen LogP contribution >= 0.6 is 0 Å². The molecule has 0 unspecified atom stereocenters. The fraction of sp³-hybridized carbons (Fsp3) is 0.455. The number of benzene rings is 1. The van der Waals surface area contributed by atoms with Crippen molar-refractivity contribution in [1.82, 2.24) is 4.31 Å². The maximum atomic E-state index is 12.4. The number of hydrogen-bond acceptors (Lipinski definition) is 5. The standard InChI is InChI=1S/C11H16N2O5S/c1-11(2,8-14)12(3)19(17,18)10-7-5-4-6-9(10)13(15)16/h4-7,14H,8H2,1-3H3. The van der Waals surface area contributed by atoms with Crippen LogP contribution in [0.5, 0.6) is 0 Å². The van der Waals surface area contributed by atoms with E-state index in [1.807, 2.05) is 0 Å². The van der Waals surface area contributed by atoms with Crippen LogP contribution in [-0.4, -0.2) is 41.9 Å². The minimum atomic E-state index is -4.05. The number of aliphatic hydroxyl groups is 1. The molecule has 0 heterocycles. The summed E-state index contributed by atoms with van der Waals surface area (Å²) in [6, 6.07) is 5.12. The molecule has 1 aromatic rings. The van der Waals surface area contributed by atoms with Crippen molar-refractivity contribution in [2.24, 2.45) is 0 Å². The highest BCUT2D eigenvalue weighted by Gasteiger charge is 2.37. The molecule has 0 aliphatic carbocycles. The van der Waals surface area contributed by atoms with Gasteiger partial charge in [-0.1, -0.05) is 12.1 Å². The summed E-state index contributed by atoms with van der Waals surface area (Å²) in [7, 11) is -2.77. The van der Waals surface area contributed by atoms with Crippen LogP contribution in [0.15, 0.2) is 29.2 Å². The van der Waals surface area contributed by atoms with Gasteiger partial charge in [-0.3, -0.25) is 10.1 Å². The number of nitro groups is 1. The number of nitrogens with zero attached hydrogens (tertiary/aromatic N) is 2. The molecule has 0 aromatic heterocycles. The van der Waals surface area contributed by atoms with Crippen LogP contribution in [0.1, 0.15) is 13.8 Å². The first-order valence-corrected chi connectivity index (χ1v) is 6.92. The lowest BCUT2D eigenvalue weighted by atomic mass is 10.1. The molecule has 0 aliphatic rings. The molecule has 106 valence electrons. The number of hydrogen-bond donors (Lipinski definition) is 1. The van der Waals surface area contributed by atoms with Gasteiger partial charge >= 0.3 is 0 Å². The van der Waals surface area contributed by atoms with Gasteiger partial charge in [-0.05, 0) is 19.9 Å². The fourth-order valence-electron chi connectivity index (χ4n) is 1.40. The van der Waals surface area contributed by atoms with Crippen molar-refractivity contribution in [1.29, 1.82) is 0 Å². The summed E-state index contributed by atoms with van der Waals surface area (Å²) in [6.07, 6.45) is 0. The zero-order valence-corrected chi connectivity index (χ0v) is 11.7. The van der Waals surface area contributed by atoms with Crippen LogP contribution in [0.4, 0.5) is 5.69 Å². The van der Waals surface area contributed by atoms with E-state index in [1.54, 1.807) is 0 Å². The Bertz CT molecular complexity index is 583. The summed E-state index contributed by atoms with van der Waals surface area (Å²) in [4.78, 5) is 9.75. The van der Waals surface area contributed by atoms with Gasteiger partial charge in [0.2, 0.25) is 10.0 Å². The van der Waals surface area contributed by atoms with E-state index in [0.29, 0.717) is 0 Å². The van der Waals surface area contributed by atoms with Crippen LogP contribution in [0.25, 0.3) is 0 Å². The second-order valence-corrected chi connectivity index (χ2v) is 6.61. The lowest BCUT2D eigenvalue weighted by Gasteiger charge is -2.32. The monoisotopic (exact) mass is 288 g/mol. The highest BCUT2D eigenvalue weighted by Crippen LogP contribution is 2.29. The number of para-hydroxylation sites is 1. The predicted molar refractivity (Wildman–Crippen MR) is 69.2 cm³/mol. The maximum absolute atomic E-state index is 12.4. The number of nitro benzene ring substituents is 1. The molecule has 0 bridgehead atoms. The molecule has 0 saturated carbocycles. The Morgan fingerprint density at radius 2 is 1.89 bits per heavy atom. The first kappa shape index (κ1) is 15.5. The van der Waals surface area contributed by atoms with Crippen molar-refractivity contribution < 1.29 is 18.4 Å². The van der Waals surface area contributed by atoms with Crippen molar-refractivity contribution in [3.8, 4) is 0 Å². The molecule has 0 aliphatic heterocycles. The van der Waals surface area contributed by atoms with Gasteiger partial charge in [0.05, 0.1) is 17.1 Å². The summed E-state index contributed by atoms with van der Waals surface area (Å²) in [5, 5.41) is 20.1. The van der Waals surface area contributed by atoms with E-state index in [9.17, 15) is 23.6 Å². The zero-order valence-electron chi connectivity index (χ0n) is 10.9. The smallest absolute Gasteiger partial charge is 0.289 e. The molecule has 19 heavy (non-hydrogen) atoms. The third-order valence-corrected chi connectivity index (χ3v) is 5.06. The number of rotatable bonds is 5. The van der Waals surface area contributed by atoms with E-state index >= 15 is 0 Å². The largest absolute Gasteiger partial charge is 0.394 e. The molecule has 0 atom stereocenters. The maximum Gasteiger partial charge on any atom is 0.289 e. The topological polar surface area (TPSA) is 101 Å². The van der Waals surface area contributed by atoms with E-state index in [1.165, 1.54) is 39.1 Å². The van der Waals surface area contributed by atoms with Gasteiger partial charge in [0.1, 0.15) is 0 Å². The van der Waals surface area contributed by atoms with Crippen molar-refractivity contribution >= 4 is 15.7 Å². The second-order valence-electron chi connectivity index (χ2n) is 4.67. The summed E-state index contributed by atoms with van der Waals surface area (Å²) in [5.74, 6) is 0. The van der Waals surface area contributed by atoms with Crippen LogP contribution in [-0.2, 0) is 10.0 Å². The summed E-state index contributed by atoms with van der Waals surface area (Å²) >= 11 is 0. The van der Waals surface area contributed by atoms with Crippen molar-refractivity contribution in [3.63, 3.8) is 0 Å². The molecule has 0 saturated heterocycles. The Kier molecular flexibility index (Phi) is 4.28. The lowest BCUT2D eigenvalue weighted by molar-refractivity contribution is -0.387. The SMILES string of the molecule is CN(C(C)(C)CO)S(=O)(=O)c1ccccc1[N+](=O)[O-]. The van der Waals surface area contributed by atoms with Gasteiger partial charge in [-0.2, -0.15) is 4.31 Å². The number of sulfonamides is 1. The average molecular weight is 288 g/mol. The van der Waals surface area contributed by atoms with Crippen molar-refractivity contribution in [2.45, 2.75) is 24.3 Å². The summed E-state index contributed by atoms with van der Waals surface area (Å²) in [5.41, 5.74) is -1.54. The van der Waals surface area contributed by atoms with E-state index < -0.39 is 32.8 Å². The molecule has 0 spiro atoms. The van der Waals surface area contributed by atoms with Crippen molar-refractivity contribution in [3.05, 3.63) is 34.4 Å². The Hall–Kier alpha value is -1.51. The summed E-state index contributed by atoms with van der Waals surface area (Å²) < 4.78 is 25.7. The van der Waals surface area contributed by atoms with Gasteiger partial charge in [-0.15, -0.1) is 0 Å². The first-order chi connectivity index (χ1) is 8.64. The molecule has 1 aromatic carbocycles. The molecule has 0 fully saturated rings. The van der Waals surface area contributed by atoms with Gasteiger partial charge in [-0.25, -0.2) is 8.42 Å². The molecular weight excluding hydrogens is 272 g/mol. The van der Waals surface area contributed by atoms with Crippen LogP contribution < -0.4 is 0 Å². The van der Waals surface area contributed by atoms with E-state index in [4.69, 9.17) is 0 Å². The number of likely N-dealkylation sites (N-methyl/N-ethyl adjacent to an activating group) is 1. The molecule has 0 radical (unpaired) electrons. The van der Waals surface area contributed by atoms with Crippen LogP contribution in [0.2, 0.25) is 0 Å². The van der Waals surface area contributed by atoms with Gasteiger partial charge in [0, 0.05) is 13.1 Å². The first-order valence-electron chi connectivity index (χ1n) is 5.48.